The van der Waals surface area contributed by atoms with Gasteiger partial charge in [-0.25, -0.2) is 0 Å². The van der Waals surface area contributed by atoms with E-state index in [0.29, 0.717) is 5.75 Å². The third-order valence-corrected chi connectivity index (χ3v) is 3.54. The van der Waals surface area contributed by atoms with E-state index in [-0.39, 0.29) is 0 Å². The van der Waals surface area contributed by atoms with E-state index in [9.17, 15) is 13.2 Å². The fraction of sp³-hybridized carbons (Fsp3) is 0.143. The highest BCUT2D eigenvalue weighted by Crippen LogP contribution is 2.36. The van der Waals surface area contributed by atoms with Gasteiger partial charge < -0.3 is 4.74 Å². The minimum atomic E-state index is -4.30. The third-order valence-electron chi connectivity index (χ3n) is 2.48. The van der Waals surface area contributed by atoms with Crippen molar-refractivity contribution < 1.29 is 17.9 Å². The molecule has 2 aromatic rings. The Labute approximate surface area is 113 Å². The van der Waals surface area contributed by atoms with Gasteiger partial charge in [0, 0.05) is 4.90 Å². The van der Waals surface area contributed by atoms with Crippen LogP contribution in [0.25, 0.3) is 0 Å². The number of hydrogen-bond acceptors (Lipinski definition) is 2. The van der Waals surface area contributed by atoms with Gasteiger partial charge in [0.2, 0.25) is 0 Å². The van der Waals surface area contributed by atoms with Gasteiger partial charge in [-0.15, -0.1) is 0 Å². The zero-order chi connectivity index (χ0) is 13.9. The minimum Gasteiger partial charge on any atom is -0.496 e. The molecule has 0 saturated carbocycles. The Hall–Kier alpha value is -1.62. The molecule has 0 N–H and O–H groups in total. The molecule has 0 amide bonds. The molecule has 2 aromatic carbocycles. The van der Waals surface area contributed by atoms with E-state index in [1.54, 1.807) is 7.11 Å². The third kappa shape index (κ3) is 3.44. The molecule has 5 heteroatoms. The van der Waals surface area contributed by atoms with Crippen molar-refractivity contribution in [2.45, 2.75) is 16.0 Å². The Morgan fingerprint density at radius 2 is 1.58 bits per heavy atom. The quantitative estimate of drug-likeness (QED) is 0.795. The maximum absolute atomic E-state index is 12.4. The van der Waals surface area contributed by atoms with E-state index in [1.165, 1.54) is 23.9 Å². The van der Waals surface area contributed by atoms with E-state index in [2.05, 4.69) is 0 Å². The van der Waals surface area contributed by atoms with Crippen LogP contribution in [0, 0.1) is 0 Å². The molecule has 0 radical (unpaired) electrons. The minimum absolute atomic E-state index is 0.642. The Bertz CT molecular complexity index is 549. The van der Waals surface area contributed by atoms with Crippen LogP contribution < -0.4 is 4.74 Å². The van der Waals surface area contributed by atoms with Gasteiger partial charge in [0.15, 0.2) is 0 Å². The number of ether oxygens (including phenoxy) is 1. The van der Waals surface area contributed by atoms with Gasteiger partial charge in [-0.1, -0.05) is 23.9 Å². The molecule has 19 heavy (non-hydrogen) atoms. The van der Waals surface area contributed by atoms with Gasteiger partial charge in [0.05, 0.1) is 17.6 Å². The number of benzene rings is 2. The molecule has 0 bridgehead atoms. The van der Waals surface area contributed by atoms with Gasteiger partial charge >= 0.3 is 6.18 Å². The second-order valence-corrected chi connectivity index (χ2v) is 4.89. The van der Waals surface area contributed by atoms with Crippen LogP contribution in [0.2, 0.25) is 0 Å². The molecule has 0 atom stereocenters. The maximum atomic E-state index is 12.4. The molecule has 2 rings (SSSR count). The fourth-order valence-corrected chi connectivity index (χ4v) is 2.47. The predicted molar refractivity (Wildman–Crippen MR) is 68.6 cm³/mol. The fourth-order valence-electron chi connectivity index (χ4n) is 1.54. The largest absolute Gasteiger partial charge is 0.496 e. The van der Waals surface area contributed by atoms with Crippen molar-refractivity contribution in [2.24, 2.45) is 0 Å². The average molecular weight is 284 g/mol. The molecule has 100 valence electrons. The van der Waals surface area contributed by atoms with Crippen molar-refractivity contribution in [3.8, 4) is 5.75 Å². The summed E-state index contributed by atoms with van der Waals surface area (Å²) >= 11 is 1.37. The molecule has 0 aliphatic rings. The van der Waals surface area contributed by atoms with Gasteiger partial charge in [0.1, 0.15) is 5.75 Å². The molecular weight excluding hydrogens is 273 g/mol. The number of alkyl halides is 3. The zero-order valence-corrected chi connectivity index (χ0v) is 10.9. The van der Waals surface area contributed by atoms with E-state index in [1.807, 2.05) is 24.3 Å². The molecule has 0 unspecified atom stereocenters. The monoisotopic (exact) mass is 284 g/mol. The Kier molecular flexibility index (Phi) is 4.04. The highest BCUT2D eigenvalue weighted by molar-refractivity contribution is 7.99. The summed E-state index contributed by atoms with van der Waals surface area (Å²) in [5.41, 5.74) is -0.642. The van der Waals surface area contributed by atoms with Crippen LogP contribution in [-0.2, 0) is 6.18 Å². The van der Waals surface area contributed by atoms with Crippen molar-refractivity contribution >= 4 is 11.8 Å². The van der Waals surface area contributed by atoms with Crippen molar-refractivity contribution in [3.05, 3.63) is 54.1 Å². The normalized spacial score (nSPS) is 11.4. The summed E-state index contributed by atoms with van der Waals surface area (Å²) < 4.78 is 42.5. The number of hydrogen-bond donors (Lipinski definition) is 0. The summed E-state index contributed by atoms with van der Waals surface area (Å²) in [5, 5.41) is 0. The molecule has 0 aliphatic carbocycles. The van der Waals surface area contributed by atoms with Crippen LogP contribution in [0.15, 0.2) is 58.3 Å². The van der Waals surface area contributed by atoms with Gasteiger partial charge in [0.25, 0.3) is 0 Å². The Balaban J connectivity index is 2.20. The van der Waals surface area contributed by atoms with Crippen molar-refractivity contribution in [1.82, 2.24) is 0 Å². The molecule has 0 heterocycles. The highest BCUT2D eigenvalue weighted by atomic mass is 32.2. The lowest BCUT2D eigenvalue weighted by atomic mass is 10.2. The van der Waals surface area contributed by atoms with Gasteiger partial charge in [-0.05, 0) is 36.4 Å². The van der Waals surface area contributed by atoms with E-state index < -0.39 is 11.7 Å². The Morgan fingerprint density at radius 3 is 2.16 bits per heavy atom. The van der Waals surface area contributed by atoms with Gasteiger partial charge in [-0.3, -0.25) is 0 Å². The molecule has 1 nitrogen and oxygen atoms in total. The van der Waals surface area contributed by atoms with Crippen LogP contribution in [0.4, 0.5) is 13.2 Å². The molecule has 0 aromatic heterocycles. The second kappa shape index (κ2) is 5.57. The van der Waals surface area contributed by atoms with Crippen molar-refractivity contribution in [2.75, 3.05) is 7.11 Å². The van der Waals surface area contributed by atoms with E-state index >= 15 is 0 Å². The van der Waals surface area contributed by atoms with E-state index in [0.717, 1.165) is 21.9 Å². The highest BCUT2D eigenvalue weighted by Gasteiger charge is 2.29. The summed E-state index contributed by atoms with van der Waals surface area (Å²) in [7, 11) is 1.56. The van der Waals surface area contributed by atoms with Gasteiger partial charge in [-0.2, -0.15) is 13.2 Å². The predicted octanol–water partition coefficient (Wildman–Crippen LogP) is 4.87. The number of rotatable bonds is 3. The number of methoxy groups -OCH3 is 1. The summed E-state index contributed by atoms with van der Waals surface area (Å²) in [6.45, 7) is 0. The smallest absolute Gasteiger partial charge is 0.416 e. The van der Waals surface area contributed by atoms with Crippen LogP contribution in [0.5, 0.6) is 5.75 Å². The lowest BCUT2D eigenvalue weighted by molar-refractivity contribution is -0.137. The molecular formula is C14H11F3OS. The second-order valence-electron chi connectivity index (χ2n) is 3.78. The summed E-state index contributed by atoms with van der Waals surface area (Å²) in [6.07, 6.45) is -4.30. The first-order valence-corrected chi connectivity index (χ1v) is 6.30. The zero-order valence-electron chi connectivity index (χ0n) is 10.1. The number of halogens is 3. The molecule has 0 fully saturated rings. The average Bonchev–Trinajstić information content (AvgIpc) is 2.39. The standard InChI is InChI=1S/C14H11F3OS/c1-18-12-4-2-3-5-13(12)19-11-8-6-10(7-9-11)14(15,16)17/h2-9H,1H3. The topological polar surface area (TPSA) is 9.23 Å². The molecule has 0 aliphatic heterocycles. The first-order valence-electron chi connectivity index (χ1n) is 5.49. The Morgan fingerprint density at radius 1 is 0.947 bits per heavy atom. The molecule has 0 spiro atoms. The maximum Gasteiger partial charge on any atom is 0.416 e. The molecule has 0 saturated heterocycles. The number of para-hydroxylation sites is 1. The van der Waals surface area contributed by atoms with Crippen LogP contribution in [0.1, 0.15) is 5.56 Å². The first-order chi connectivity index (χ1) is 9.00. The summed E-state index contributed by atoms with van der Waals surface area (Å²) in [6, 6.07) is 12.5. The van der Waals surface area contributed by atoms with Crippen LogP contribution in [-0.4, -0.2) is 7.11 Å². The summed E-state index contributed by atoms with van der Waals surface area (Å²) in [5.74, 6) is 0.701. The van der Waals surface area contributed by atoms with Crippen LogP contribution in [0.3, 0.4) is 0 Å². The summed E-state index contributed by atoms with van der Waals surface area (Å²) in [4.78, 5) is 1.60. The van der Waals surface area contributed by atoms with Crippen LogP contribution >= 0.6 is 11.8 Å². The first kappa shape index (κ1) is 13.8. The van der Waals surface area contributed by atoms with Crippen molar-refractivity contribution in [3.63, 3.8) is 0 Å². The SMILES string of the molecule is COc1ccccc1Sc1ccc(C(F)(F)F)cc1. The lowest BCUT2D eigenvalue weighted by Gasteiger charge is -2.09. The van der Waals surface area contributed by atoms with E-state index in [4.69, 9.17) is 4.74 Å². The van der Waals surface area contributed by atoms with Crippen molar-refractivity contribution in [1.29, 1.82) is 0 Å². The lowest BCUT2D eigenvalue weighted by Crippen LogP contribution is -2.03.